The second kappa shape index (κ2) is 15.2. The summed E-state index contributed by atoms with van der Waals surface area (Å²) in [5, 5.41) is 55.4. The third-order valence-corrected chi connectivity index (χ3v) is 13.4. The maximum atomic E-state index is 12.4. The molecule has 0 radical (unpaired) electrons. The van der Waals surface area contributed by atoms with Crippen LogP contribution >= 0.6 is 21.6 Å². The van der Waals surface area contributed by atoms with Gasteiger partial charge in [-0.1, -0.05) is 47.4 Å². The zero-order valence-corrected chi connectivity index (χ0v) is 30.4. The van der Waals surface area contributed by atoms with Crippen LogP contribution in [-0.4, -0.2) is 69.6 Å². The number of ether oxygens (including phenoxy) is 4. The van der Waals surface area contributed by atoms with Crippen LogP contribution in [0.3, 0.4) is 0 Å². The second-order valence-corrected chi connectivity index (χ2v) is 16.8. The van der Waals surface area contributed by atoms with Gasteiger partial charge in [-0.05, 0) is 91.7 Å². The molecule has 50 heavy (non-hydrogen) atoms. The molecule has 0 aromatic heterocycles. The van der Waals surface area contributed by atoms with Crippen molar-refractivity contribution < 1.29 is 44.5 Å². The smallest absolute Gasteiger partial charge is 0.207 e. The highest BCUT2D eigenvalue weighted by atomic mass is 33.1. The molecule has 2 heterocycles. The molecule has 0 amide bonds. The van der Waals surface area contributed by atoms with Gasteiger partial charge in [-0.25, -0.2) is 0 Å². The molecule has 0 saturated heterocycles. The predicted octanol–water partition coefficient (Wildman–Crippen LogP) is 7.98. The summed E-state index contributed by atoms with van der Waals surface area (Å²) in [6.07, 6.45) is 6.62. The van der Waals surface area contributed by atoms with E-state index in [1.807, 2.05) is 29.0 Å². The Labute approximate surface area is 301 Å². The number of phenolic OH excluding ortho intramolecular Hbond substituents is 3. The van der Waals surface area contributed by atoms with Crippen molar-refractivity contribution in [2.75, 3.05) is 31.8 Å². The third-order valence-electron chi connectivity index (χ3n) is 10.9. The monoisotopic (exact) mass is 724 g/mol. The van der Waals surface area contributed by atoms with Crippen LogP contribution in [0.2, 0.25) is 0 Å². The van der Waals surface area contributed by atoms with Crippen molar-refractivity contribution in [3.05, 3.63) is 52.6 Å². The molecular weight excluding hydrogens is 677 g/mol. The Hall–Kier alpha value is -3.12. The normalized spacial score (nSPS) is 25.2. The summed E-state index contributed by atoms with van der Waals surface area (Å²) in [5.41, 5.74) is 5.21. The Morgan fingerprint density at radius 2 is 1.72 bits per heavy atom. The van der Waals surface area contributed by atoms with Crippen molar-refractivity contribution in [2.45, 2.75) is 94.9 Å². The summed E-state index contributed by atoms with van der Waals surface area (Å²) < 4.78 is 24.8. The van der Waals surface area contributed by atoms with Gasteiger partial charge in [-0.2, -0.15) is 0 Å². The highest BCUT2D eigenvalue weighted by Gasteiger charge is 2.45. The molecular formula is C39H48O9S2. The number of hydrogen-bond acceptors (Lipinski definition) is 11. The third kappa shape index (κ3) is 6.78. The number of rotatable bonds is 7. The number of benzene rings is 3. The first-order valence-electron chi connectivity index (χ1n) is 17.9. The summed E-state index contributed by atoms with van der Waals surface area (Å²) in [6, 6.07) is 8.96. The maximum absolute atomic E-state index is 12.4. The quantitative estimate of drug-likeness (QED) is 0.152. The summed E-state index contributed by atoms with van der Waals surface area (Å²) in [6.45, 7) is 2.22. The molecule has 11 heteroatoms. The first-order valence-corrected chi connectivity index (χ1v) is 20.4. The number of hydrogen-bond donors (Lipinski definition) is 5. The first-order chi connectivity index (χ1) is 24.3. The number of aliphatic hydroxyl groups excluding tert-OH is 2. The van der Waals surface area contributed by atoms with E-state index in [1.165, 1.54) is 7.11 Å². The van der Waals surface area contributed by atoms with E-state index in [9.17, 15) is 25.5 Å². The van der Waals surface area contributed by atoms with Crippen LogP contribution in [0.5, 0.6) is 40.2 Å². The second-order valence-electron chi connectivity index (χ2n) is 14.2. The van der Waals surface area contributed by atoms with Crippen molar-refractivity contribution in [1.82, 2.24) is 0 Å². The van der Waals surface area contributed by atoms with E-state index in [-0.39, 0.29) is 65.5 Å². The number of aromatic hydroxyl groups is 3. The van der Waals surface area contributed by atoms with Gasteiger partial charge >= 0.3 is 0 Å². The van der Waals surface area contributed by atoms with Crippen LogP contribution in [0.1, 0.15) is 98.5 Å². The van der Waals surface area contributed by atoms with Crippen molar-refractivity contribution >= 4 is 21.6 Å². The largest absolute Gasteiger partial charge is 0.508 e. The lowest BCUT2D eigenvalue weighted by Crippen LogP contribution is -2.37. The molecule has 2 bridgehead atoms. The molecule has 2 aliphatic carbocycles. The van der Waals surface area contributed by atoms with E-state index in [0.717, 1.165) is 84.9 Å². The van der Waals surface area contributed by atoms with Crippen molar-refractivity contribution in [3.8, 4) is 51.4 Å². The molecule has 1 saturated carbocycles. The van der Waals surface area contributed by atoms with E-state index in [2.05, 4.69) is 6.92 Å². The van der Waals surface area contributed by atoms with Crippen LogP contribution < -0.4 is 18.9 Å². The van der Waals surface area contributed by atoms with Gasteiger partial charge in [-0.3, -0.25) is 0 Å². The van der Waals surface area contributed by atoms with Crippen molar-refractivity contribution in [1.29, 1.82) is 0 Å². The molecule has 7 rings (SSSR count). The molecule has 3 aromatic rings. The van der Waals surface area contributed by atoms with Gasteiger partial charge in [0.05, 0.1) is 19.8 Å². The minimum Gasteiger partial charge on any atom is -0.508 e. The molecule has 270 valence electrons. The zero-order chi connectivity index (χ0) is 34.9. The number of aliphatic hydroxyl groups is 2. The van der Waals surface area contributed by atoms with Gasteiger partial charge in [0.1, 0.15) is 30.0 Å². The molecule has 1 fully saturated rings. The summed E-state index contributed by atoms with van der Waals surface area (Å²) in [7, 11) is 4.93. The van der Waals surface area contributed by atoms with Crippen molar-refractivity contribution in [3.63, 3.8) is 0 Å². The molecule has 5 atom stereocenters. The molecule has 4 aliphatic rings. The summed E-state index contributed by atoms with van der Waals surface area (Å²) in [5.74, 6) is 2.72. The standard InChI is InChI=1S/C39H48O9S2/c1-21-8-9-22-16-27-33(25-11-10-23(41)17-26(22)25)30(46-14-13-40)19-31-34(27)29(20-50-49-15-12-21)36(43)38(48-31)28-18-32(37(44)39(45-2)35(28)42)47-24-6-4-3-5-7-24/h10-11,17-19,21-22,24,29,36,38,40-44H,3-9,12-16,20H2,1-2H3/t21-,22-,29-,36+,38-/m0/s1. The highest BCUT2D eigenvalue weighted by molar-refractivity contribution is 8.76. The Morgan fingerprint density at radius 3 is 2.50 bits per heavy atom. The maximum Gasteiger partial charge on any atom is 0.207 e. The number of phenols is 3. The van der Waals surface area contributed by atoms with Crippen LogP contribution in [0.25, 0.3) is 11.1 Å². The van der Waals surface area contributed by atoms with E-state index in [0.29, 0.717) is 29.6 Å². The minimum atomic E-state index is -1.06. The van der Waals surface area contributed by atoms with E-state index in [4.69, 9.17) is 18.9 Å². The molecule has 2 aliphatic heterocycles. The fraction of sp³-hybridized carbons (Fsp3) is 0.538. The average Bonchev–Trinajstić information content (AvgIpc) is 3.12. The highest BCUT2D eigenvalue weighted by Crippen LogP contribution is 2.58. The van der Waals surface area contributed by atoms with Gasteiger partial charge in [0, 0.05) is 40.2 Å². The fourth-order valence-corrected chi connectivity index (χ4v) is 10.9. The Kier molecular flexibility index (Phi) is 10.8. The molecule has 0 spiro atoms. The van der Waals surface area contributed by atoms with E-state index in [1.54, 1.807) is 22.9 Å². The number of fused-ring (bicyclic) bond motifs is 4. The predicted molar refractivity (Wildman–Crippen MR) is 196 cm³/mol. The van der Waals surface area contributed by atoms with Crippen molar-refractivity contribution in [2.24, 2.45) is 5.92 Å². The molecule has 9 nitrogen and oxygen atoms in total. The van der Waals surface area contributed by atoms with Crippen LogP contribution in [0.4, 0.5) is 0 Å². The van der Waals surface area contributed by atoms with Crippen LogP contribution in [-0.2, 0) is 6.42 Å². The zero-order valence-electron chi connectivity index (χ0n) is 28.7. The van der Waals surface area contributed by atoms with Crippen LogP contribution in [0, 0.1) is 5.92 Å². The number of methoxy groups -OCH3 is 1. The lowest BCUT2D eigenvalue weighted by atomic mass is 9.71. The molecule has 5 N–H and O–H groups in total. The Bertz CT molecular complexity index is 1690. The Balaban J connectivity index is 1.39. The van der Waals surface area contributed by atoms with Gasteiger partial charge in [0.2, 0.25) is 11.5 Å². The van der Waals surface area contributed by atoms with Gasteiger partial charge < -0.3 is 44.5 Å². The SMILES string of the molecule is COc1c(O)c(OC2CCCCC2)cc([C@@H]2Oc3cc(OCCO)c4c5c3[C@H](CSSCC[C@@H](C)CC[C@@H](C5)c3cc(O)ccc3-4)[C@H]2O)c1O. The molecule has 3 aromatic carbocycles. The first kappa shape index (κ1) is 35.3. The van der Waals surface area contributed by atoms with Gasteiger partial charge in [-0.15, -0.1) is 0 Å². The van der Waals surface area contributed by atoms with Gasteiger partial charge in [0.15, 0.2) is 17.6 Å². The van der Waals surface area contributed by atoms with E-state index >= 15 is 0 Å². The average molecular weight is 725 g/mol. The minimum absolute atomic E-state index is 0.0725. The molecule has 0 unspecified atom stereocenters. The topological polar surface area (TPSA) is 138 Å². The van der Waals surface area contributed by atoms with E-state index < -0.39 is 12.2 Å². The summed E-state index contributed by atoms with van der Waals surface area (Å²) >= 11 is 0. The lowest BCUT2D eigenvalue weighted by Gasteiger charge is -2.41. The summed E-state index contributed by atoms with van der Waals surface area (Å²) in [4.78, 5) is 0. The van der Waals surface area contributed by atoms with Gasteiger partial charge in [0.25, 0.3) is 0 Å². The Morgan fingerprint density at radius 1 is 0.900 bits per heavy atom. The fourth-order valence-electron chi connectivity index (χ4n) is 8.28. The lowest BCUT2D eigenvalue weighted by molar-refractivity contribution is 0.00281. The van der Waals surface area contributed by atoms with Crippen LogP contribution in [0.15, 0.2) is 30.3 Å².